The third-order valence-corrected chi connectivity index (χ3v) is 4.05. The van der Waals surface area contributed by atoms with Crippen molar-refractivity contribution in [3.63, 3.8) is 0 Å². The quantitative estimate of drug-likeness (QED) is 0.892. The molecule has 1 aromatic carbocycles. The molecule has 1 aromatic rings. The highest BCUT2D eigenvalue weighted by atomic mass is 19.1. The number of halogens is 1. The van der Waals surface area contributed by atoms with Crippen molar-refractivity contribution in [3.05, 3.63) is 29.6 Å². The van der Waals surface area contributed by atoms with Gasteiger partial charge in [-0.2, -0.15) is 0 Å². The summed E-state index contributed by atoms with van der Waals surface area (Å²) in [5, 5.41) is 3.62. The van der Waals surface area contributed by atoms with Crippen molar-refractivity contribution < 1.29 is 13.9 Å². The third kappa shape index (κ3) is 2.60. The number of hydrogen-bond donors (Lipinski definition) is 1. The van der Waals surface area contributed by atoms with Crippen molar-refractivity contribution in [3.8, 4) is 5.75 Å². The molecule has 3 atom stereocenters. The Labute approximate surface area is 113 Å². The zero-order chi connectivity index (χ0) is 13.2. The lowest BCUT2D eigenvalue weighted by molar-refractivity contribution is 0.110. The van der Waals surface area contributed by atoms with E-state index in [9.17, 15) is 4.39 Å². The van der Waals surface area contributed by atoms with Crippen LogP contribution < -0.4 is 10.1 Å². The molecule has 3 unspecified atom stereocenters. The lowest BCUT2D eigenvalue weighted by Gasteiger charge is -2.24. The minimum atomic E-state index is -0.262. The Morgan fingerprint density at radius 3 is 2.95 bits per heavy atom. The summed E-state index contributed by atoms with van der Waals surface area (Å²) >= 11 is 0. The Morgan fingerprint density at radius 2 is 2.16 bits per heavy atom. The lowest BCUT2D eigenvalue weighted by Crippen LogP contribution is -2.37. The van der Waals surface area contributed by atoms with Gasteiger partial charge in [0.1, 0.15) is 0 Å². The van der Waals surface area contributed by atoms with Gasteiger partial charge in [0.2, 0.25) is 0 Å². The second-order valence-electron chi connectivity index (χ2n) is 5.34. The number of nitrogens with one attached hydrogen (secondary N) is 1. The maximum absolute atomic E-state index is 13.8. The topological polar surface area (TPSA) is 30.5 Å². The molecule has 2 aliphatic rings. The number of para-hydroxylation sites is 1. The van der Waals surface area contributed by atoms with E-state index in [1.807, 2.05) is 6.07 Å². The largest absolute Gasteiger partial charge is 0.490 e. The molecule has 2 aliphatic heterocycles. The van der Waals surface area contributed by atoms with Gasteiger partial charge in [0.15, 0.2) is 11.6 Å². The summed E-state index contributed by atoms with van der Waals surface area (Å²) in [5.41, 5.74) is 0.941. The fourth-order valence-electron chi connectivity index (χ4n) is 2.95. The van der Waals surface area contributed by atoms with Crippen molar-refractivity contribution in [2.45, 2.75) is 44.4 Å². The molecule has 1 N–H and O–H groups in total. The second-order valence-corrected chi connectivity index (χ2v) is 5.34. The van der Waals surface area contributed by atoms with Crippen molar-refractivity contribution in [2.24, 2.45) is 0 Å². The van der Waals surface area contributed by atoms with E-state index in [-0.39, 0.29) is 18.0 Å². The minimum absolute atomic E-state index is 0.155. The van der Waals surface area contributed by atoms with Crippen LogP contribution in [0.2, 0.25) is 0 Å². The first kappa shape index (κ1) is 12.9. The van der Waals surface area contributed by atoms with Crippen LogP contribution in [0.3, 0.4) is 0 Å². The normalized spacial score (nSPS) is 30.5. The van der Waals surface area contributed by atoms with Gasteiger partial charge in [-0.05, 0) is 32.3 Å². The molecular weight excluding hydrogens is 245 g/mol. The average molecular weight is 265 g/mol. The molecule has 0 spiro atoms. The summed E-state index contributed by atoms with van der Waals surface area (Å²) in [4.78, 5) is 0. The molecule has 0 radical (unpaired) electrons. The zero-order valence-electron chi connectivity index (χ0n) is 11.2. The van der Waals surface area contributed by atoms with Crippen LogP contribution in [0.5, 0.6) is 5.75 Å². The molecule has 3 rings (SSSR count). The summed E-state index contributed by atoms with van der Waals surface area (Å²) in [6.07, 6.45) is 3.15. The molecule has 19 heavy (non-hydrogen) atoms. The van der Waals surface area contributed by atoms with Gasteiger partial charge in [0.25, 0.3) is 0 Å². The molecule has 0 aromatic heterocycles. The van der Waals surface area contributed by atoms with Crippen LogP contribution >= 0.6 is 0 Å². The van der Waals surface area contributed by atoms with Crippen molar-refractivity contribution in [1.29, 1.82) is 0 Å². The maximum atomic E-state index is 13.8. The van der Waals surface area contributed by atoms with E-state index in [2.05, 4.69) is 12.2 Å². The molecule has 1 fully saturated rings. The van der Waals surface area contributed by atoms with Gasteiger partial charge in [-0.1, -0.05) is 12.1 Å². The average Bonchev–Trinajstić information content (AvgIpc) is 2.69. The number of hydrogen-bond acceptors (Lipinski definition) is 3. The fourth-order valence-corrected chi connectivity index (χ4v) is 2.95. The van der Waals surface area contributed by atoms with Crippen LogP contribution in [0.4, 0.5) is 4.39 Å². The number of fused-ring (bicyclic) bond motifs is 1. The zero-order valence-corrected chi connectivity index (χ0v) is 11.2. The summed E-state index contributed by atoms with van der Waals surface area (Å²) in [7, 11) is 0. The van der Waals surface area contributed by atoms with E-state index in [4.69, 9.17) is 9.47 Å². The number of ether oxygens (including phenoxy) is 2. The molecule has 0 aliphatic carbocycles. The van der Waals surface area contributed by atoms with E-state index in [0.717, 1.165) is 31.4 Å². The van der Waals surface area contributed by atoms with E-state index < -0.39 is 0 Å². The van der Waals surface area contributed by atoms with Crippen LogP contribution in [0, 0.1) is 5.82 Å². The second kappa shape index (κ2) is 5.47. The predicted octanol–water partition coefficient (Wildman–Crippen LogP) is 2.81. The van der Waals surface area contributed by atoms with Crippen LogP contribution in [-0.4, -0.2) is 25.4 Å². The maximum Gasteiger partial charge on any atom is 0.165 e. The Balaban J connectivity index is 1.84. The Bertz CT molecular complexity index is 452. The Kier molecular flexibility index (Phi) is 3.71. The van der Waals surface area contributed by atoms with Crippen molar-refractivity contribution in [1.82, 2.24) is 5.32 Å². The third-order valence-electron chi connectivity index (χ3n) is 4.05. The van der Waals surface area contributed by atoms with Gasteiger partial charge < -0.3 is 14.8 Å². The summed E-state index contributed by atoms with van der Waals surface area (Å²) in [6.45, 7) is 3.48. The van der Waals surface area contributed by atoms with Crippen LogP contribution in [-0.2, 0) is 4.74 Å². The minimum Gasteiger partial charge on any atom is -0.490 e. The monoisotopic (exact) mass is 265 g/mol. The van der Waals surface area contributed by atoms with Crippen LogP contribution in [0.15, 0.2) is 18.2 Å². The molecule has 104 valence electrons. The number of rotatable bonds is 2. The highest BCUT2D eigenvalue weighted by Gasteiger charge is 2.29. The first-order valence-corrected chi connectivity index (χ1v) is 7.04. The fraction of sp³-hybridized carbons (Fsp3) is 0.600. The molecule has 0 saturated carbocycles. The van der Waals surface area contributed by atoms with Gasteiger partial charge in [0, 0.05) is 24.3 Å². The highest BCUT2D eigenvalue weighted by molar-refractivity contribution is 5.38. The highest BCUT2D eigenvalue weighted by Crippen LogP contribution is 2.34. The summed E-state index contributed by atoms with van der Waals surface area (Å²) < 4.78 is 25.0. The SMILES string of the molecule is CC1OCCC1NC1CCCOc2c(F)cccc21. The van der Waals surface area contributed by atoms with E-state index in [1.54, 1.807) is 6.07 Å². The molecule has 1 saturated heterocycles. The Hall–Kier alpha value is -1.13. The summed E-state index contributed by atoms with van der Waals surface area (Å²) in [6, 6.07) is 5.68. The molecular formula is C15H20FNO2. The first-order valence-electron chi connectivity index (χ1n) is 7.04. The molecule has 2 heterocycles. The summed E-state index contributed by atoms with van der Waals surface area (Å²) in [5.74, 6) is 0.158. The van der Waals surface area contributed by atoms with Gasteiger partial charge in [-0.3, -0.25) is 0 Å². The van der Waals surface area contributed by atoms with Crippen LogP contribution in [0.25, 0.3) is 0 Å². The molecule has 0 amide bonds. The van der Waals surface area contributed by atoms with Crippen LogP contribution in [0.1, 0.15) is 37.8 Å². The van der Waals surface area contributed by atoms with Gasteiger partial charge in [-0.25, -0.2) is 4.39 Å². The van der Waals surface area contributed by atoms with Gasteiger partial charge >= 0.3 is 0 Å². The van der Waals surface area contributed by atoms with Gasteiger partial charge in [-0.15, -0.1) is 0 Å². The molecule has 3 nitrogen and oxygen atoms in total. The van der Waals surface area contributed by atoms with E-state index in [0.29, 0.717) is 18.4 Å². The van der Waals surface area contributed by atoms with Crippen molar-refractivity contribution >= 4 is 0 Å². The predicted molar refractivity (Wildman–Crippen MR) is 70.8 cm³/mol. The first-order chi connectivity index (χ1) is 9.25. The molecule has 0 bridgehead atoms. The Morgan fingerprint density at radius 1 is 1.26 bits per heavy atom. The van der Waals surface area contributed by atoms with E-state index in [1.165, 1.54) is 6.07 Å². The number of benzene rings is 1. The van der Waals surface area contributed by atoms with Gasteiger partial charge in [0.05, 0.1) is 12.7 Å². The smallest absolute Gasteiger partial charge is 0.165 e. The standard InChI is InChI=1S/C15H20FNO2/c1-10-13(7-9-18-10)17-14-6-3-8-19-15-11(14)4-2-5-12(15)16/h2,4-5,10,13-14,17H,3,6-9H2,1H3. The van der Waals surface area contributed by atoms with E-state index >= 15 is 0 Å². The van der Waals surface area contributed by atoms with Crippen molar-refractivity contribution in [2.75, 3.05) is 13.2 Å². The lowest BCUT2D eigenvalue weighted by atomic mass is 9.99. The molecule has 4 heteroatoms.